The lowest BCUT2D eigenvalue weighted by molar-refractivity contribution is 0.244. The Morgan fingerprint density at radius 3 is 1.94 bits per heavy atom. The van der Waals surface area contributed by atoms with E-state index in [0.29, 0.717) is 11.8 Å². The number of thioether (sulfide) groups is 4. The van der Waals surface area contributed by atoms with E-state index in [1.54, 1.807) is 47.0 Å². The summed E-state index contributed by atoms with van der Waals surface area (Å²) in [5.41, 5.74) is 0. The van der Waals surface area contributed by atoms with Crippen molar-refractivity contribution in [3.8, 4) is 0 Å². The number of urea groups is 1. The Morgan fingerprint density at radius 2 is 1.56 bits per heavy atom. The summed E-state index contributed by atoms with van der Waals surface area (Å²) in [6.45, 7) is 1.80. The fourth-order valence-electron chi connectivity index (χ4n) is 1.19. The van der Waals surface area contributed by atoms with Gasteiger partial charge >= 0.3 is 6.03 Å². The molecule has 5 nitrogen and oxygen atoms in total. The molecule has 2 aliphatic heterocycles. The molecular formula is C9H14N4OS4. The van der Waals surface area contributed by atoms with Crippen molar-refractivity contribution in [2.75, 3.05) is 36.3 Å². The Morgan fingerprint density at radius 1 is 1.06 bits per heavy atom. The highest BCUT2D eigenvalue weighted by Gasteiger charge is 2.09. The quantitative estimate of drug-likeness (QED) is 0.774. The van der Waals surface area contributed by atoms with Gasteiger partial charge in [-0.15, -0.1) is 0 Å². The molecule has 9 heteroatoms. The van der Waals surface area contributed by atoms with Gasteiger partial charge in [0, 0.05) is 11.5 Å². The van der Waals surface area contributed by atoms with Crippen LogP contribution >= 0.6 is 47.0 Å². The number of aliphatic imine (C=N–C) groups is 2. The van der Waals surface area contributed by atoms with Gasteiger partial charge in [0.25, 0.3) is 0 Å². The number of hydrogen-bond acceptors (Lipinski definition) is 7. The van der Waals surface area contributed by atoms with Crippen LogP contribution < -0.4 is 10.6 Å². The van der Waals surface area contributed by atoms with Crippen LogP contribution in [0.15, 0.2) is 9.98 Å². The third-order valence-corrected chi connectivity index (χ3v) is 6.24. The average molecular weight is 323 g/mol. The summed E-state index contributed by atoms with van der Waals surface area (Å²) in [5, 5.41) is 5.59. The van der Waals surface area contributed by atoms with E-state index in [4.69, 9.17) is 0 Å². The highest BCUT2D eigenvalue weighted by Crippen LogP contribution is 2.21. The summed E-state index contributed by atoms with van der Waals surface area (Å²) in [4.78, 5) is 20.0. The molecule has 0 unspecified atom stereocenters. The standard InChI is InChI=1S/C9H14N4OS4/c14-7(12-5-17-8-10-1-3-15-8)13-6-18-9-11-2-4-16-9/h1-6H2,(H2,12,13,14). The maximum Gasteiger partial charge on any atom is 0.316 e. The summed E-state index contributed by atoms with van der Waals surface area (Å²) >= 11 is 6.65. The predicted octanol–water partition coefficient (Wildman–Crippen LogP) is 1.87. The first-order valence-electron chi connectivity index (χ1n) is 5.46. The molecule has 2 aliphatic rings. The van der Waals surface area contributed by atoms with Gasteiger partial charge in [-0.3, -0.25) is 9.98 Å². The van der Waals surface area contributed by atoms with E-state index in [0.717, 1.165) is 33.3 Å². The molecule has 2 N–H and O–H groups in total. The number of nitrogens with one attached hydrogen (secondary N) is 2. The summed E-state index contributed by atoms with van der Waals surface area (Å²) in [6.07, 6.45) is 0. The average Bonchev–Trinajstić information content (AvgIpc) is 3.01. The number of nitrogens with zero attached hydrogens (tertiary/aromatic N) is 2. The first-order chi connectivity index (χ1) is 8.84. The molecule has 2 amide bonds. The Bertz CT molecular complexity index is 328. The maximum atomic E-state index is 11.4. The van der Waals surface area contributed by atoms with Gasteiger partial charge in [0.15, 0.2) is 0 Å². The van der Waals surface area contributed by atoms with E-state index in [-0.39, 0.29) is 6.03 Å². The number of carbonyl (C=O) groups is 1. The minimum atomic E-state index is -0.137. The van der Waals surface area contributed by atoms with Crippen molar-refractivity contribution in [1.29, 1.82) is 0 Å². The van der Waals surface area contributed by atoms with Crippen molar-refractivity contribution in [2.24, 2.45) is 9.98 Å². The van der Waals surface area contributed by atoms with Gasteiger partial charge in [0.1, 0.15) is 8.75 Å². The molecule has 100 valence electrons. The zero-order valence-electron chi connectivity index (χ0n) is 9.68. The van der Waals surface area contributed by atoms with Crippen molar-refractivity contribution in [3.63, 3.8) is 0 Å². The second-order valence-corrected chi connectivity index (χ2v) is 7.86. The number of carbonyl (C=O) groups excluding carboxylic acids is 1. The smallest absolute Gasteiger partial charge is 0.316 e. The van der Waals surface area contributed by atoms with Gasteiger partial charge in [-0.25, -0.2) is 4.79 Å². The van der Waals surface area contributed by atoms with E-state index in [1.807, 2.05) is 0 Å². The zero-order chi connectivity index (χ0) is 12.6. The molecule has 0 aromatic heterocycles. The van der Waals surface area contributed by atoms with Gasteiger partial charge in [-0.1, -0.05) is 47.0 Å². The molecule has 0 aliphatic carbocycles. The van der Waals surface area contributed by atoms with Crippen LogP contribution in [-0.2, 0) is 0 Å². The van der Waals surface area contributed by atoms with E-state index < -0.39 is 0 Å². The third kappa shape index (κ3) is 5.33. The lowest BCUT2D eigenvalue weighted by atomic mass is 10.8. The van der Waals surface area contributed by atoms with Gasteiger partial charge in [0.05, 0.1) is 24.8 Å². The summed E-state index contributed by atoms with van der Waals surface area (Å²) in [5.74, 6) is 3.26. The van der Waals surface area contributed by atoms with E-state index in [2.05, 4.69) is 20.6 Å². The van der Waals surface area contributed by atoms with Crippen LogP contribution in [-0.4, -0.2) is 51.1 Å². The molecule has 0 saturated heterocycles. The van der Waals surface area contributed by atoms with Crippen LogP contribution in [0.5, 0.6) is 0 Å². The van der Waals surface area contributed by atoms with Gasteiger partial charge < -0.3 is 10.6 Å². The Kier molecular flexibility index (Phi) is 6.60. The molecule has 18 heavy (non-hydrogen) atoms. The van der Waals surface area contributed by atoms with Crippen molar-refractivity contribution < 1.29 is 4.79 Å². The van der Waals surface area contributed by atoms with Crippen molar-refractivity contribution >= 4 is 61.8 Å². The van der Waals surface area contributed by atoms with Crippen LogP contribution in [0, 0.1) is 0 Å². The van der Waals surface area contributed by atoms with Crippen LogP contribution in [0.3, 0.4) is 0 Å². The van der Waals surface area contributed by atoms with Crippen molar-refractivity contribution in [1.82, 2.24) is 10.6 Å². The van der Waals surface area contributed by atoms with Gasteiger partial charge in [0.2, 0.25) is 0 Å². The topological polar surface area (TPSA) is 65.8 Å². The third-order valence-electron chi connectivity index (χ3n) is 1.97. The van der Waals surface area contributed by atoms with E-state index >= 15 is 0 Å². The molecule has 0 spiro atoms. The second kappa shape index (κ2) is 8.23. The second-order valence-electron chi connectivity index (χ2n) is 3.25. The SMILES string of the molecule is O=C(NCSC1=NCCS1)NCSC1=NCCS1. The first-order valence-corrected chi connectivity index (χ1v) is 9.40. The Hall–Kier alpha value is 0.01000. The zero-order valence-corrected chi connectivity index (χ0v) is 12.9. The molecular weight excluding hydrogens is 308 g/mol. The van der Waals surface area contributed by atoms with Crippen LogP contribution in [0.4, 0.5) is 4.79 Å². The molecule has 0 aromatic rings. The van der Waals surface area contributed by atoms with Gasteiger partial charge in [-0.05, 0) is 0 Å². The summed E-state index contributed by atoms with van der Waals surface area (Å²) in [6, 6.07) is -0.137. The molecule has 0 radical (unpaired) electrons. The van der Waals surface area contributed by atoms with E-state index in [1.165, 1.54) is 0 Å². The molecule has 0 bridgehead atoms. The molecule has 2 rings (SSSR count). The number of hydrogen-bond donors (Lipinski definition) is 2. The van der Waals surface area contributed by atoms with Crippen LogP contribution in [0.25, 0.3) is 0 Å². The van der Waals surface area contributed by atoms with Crippen LogP contribution in [0.2, 0.25) is 0 Å². The van der Waals surface area contributed by atoms with Crippen molar-refractivity contribution in [3.05, 3.63) is 0 Å². The van der Waals surface area contributed by atoms with E-state index in [9.17, 15) is 4.79 Å². The molecule has 0 aromatic carbocycles. The molecule has 0 atom stereocenters. The Balaban J connectivity index is 1.49. The summed E-state index contributed by atoms with van der Waals surface area (Å²) in [7, 11) is 0. The fraction of sp³-hybridized carbons (Fsp3) is 0.667. The maximum absolute atomic E-state index is 11.4. The minimum Gasteiger partial charge on any atom is -0.329 e. The molecule has 0 saturated carbocycles. The number of amides is 2. The first kappa shape index (κ1) is 14.4. The lowest BCUT2D eigenvalue weighted by Gasteiger charge is -2.06. The molecule has 0 fully saturated rings. The van der Waals surface area contributed by atoms with Gasteiger partial charge in [-0.2, -0.15) is 0 Å². The van der Waals surface area contributed by atoms with Crippen LogP contribution in [0.1, 0.15) is 0 Å². The monoisotopic (exact) mass is 322 g/mol. The predicted molar refractivity (Wildman–Crippen MR) is 86.1 cm³/mol. The normalized spacial score (nSPS) is 18.4. The highest BCUT2D eigenvalue weighted by molar-refractivity contribution is 8.39. The van der Waals surface area contributed by atoms with Crippen molar-refractivity contribution in [2.45, 2.75) is 0 Å². The Labute approximate surface area is 123 Å². The largest absolute Gasteiger partial charge is 0.329 e. The minimum absolute atomic E-state index is 0.137. The number of rotatable bonds is 4. The highest BCUT2D eigenvalue weighted by atomic mass is 32.2. The molecule has 2 heterocycles. The summed E-state index contributed by atoms with van der Waals surface area (Å²) < 4.78 is 2.14. The lowest BCUT2D eigenvalue weighted by Crippen LogP contribution is -2.35. The fourth-order valence-corrected chi connectivity index (χ4v) is 4.81.